The van der Waals surface area contributed by atoms with Gasteiger partial charge < -0.3 is 9.84 Å². The molecule has 1 heterocycles. The molecule has 1 saturated carbocycles. The van der Waals surface area contributed by atoms with E-state index in [0.717, 1.165) is 12.8 Å². The smallest absolute Gasteiger partial charge is 0.328 e. The van der Waals surface area contributed by atoms with Crippen LogP contribution in [0.4, 0.5) is 0 Å². The fourth-order valence-electron chi connectivity index (χ4n) is 3.53. The molecule has 5 nitrogen and oxygen atoms in total. The van der Waals surface area contributed by atoms with Crippen molar-refractivity contribution in [3.8, 4) is 0 Å². The fraction of sp³-hybridized carbons (Fsp3) is 0.529. The quantitative estimate of drug-likeness (QED) is 0.900. The van der Waals surface area contributed by atoms with Gasteiger partial charge in [-0.3, -0.25) is 9.69 Å². The summed E-state index contributed by atoms with van der Waals surface area (Å²) in [5, 5.41) is 9.83. The molecule has 0 unspecified atom stereocenters. The fourth-order valence-corrected chi connectivity index (χ4v) is 3.75. The zero-order chi connectivity index (χ0) is 16.6. The average molecular weight is 338 g/mol. The molecule has 0 bridgehead atoms. The molecule has 3 rings (SSSR count). The number of benzene rings is 1. The number of amides is 1. The minimum atomic E-state index is -1.04. The Morgan fingerprint density at radius 3 is 2.57 bits per heavy atom. The third kappa shape index (κ3) is 2.83. The first kappa shape index (κ1) is 16.3. The molecule has 124 valence electrons. The summed E-state index contributed by atoms with van der Waals surface area (Å²) >= 11 is 6.14. The predicted molar refractivity (Wildman–Crippen MR) is 85.4 cm³/mol. The minimum Gasteiger partial charge on any atom is -0.480 e. The molecule has 1 aromatic rings. The molecule has 1 saturated heterocycles. The van der Waals surface area contributed by atoms with Crippen molar-refractivity contribution < 1.29 is 19.4 Å². The molecule has 1 amide bonds. The van der Waals surface area contributed by atoms with E-state index in [4.69, 9.17) is 16.3 Å². The maximum absolute atomic E-state index is 13.0. The lowest BCUT2D eigenvalue weighted by Crippen LogP contribution is -2.55. The van der Waals surface area contributed by atoms with Crippen molar-refractivity contribution in [2.45, 2.75) is 44.4 Å². The lowest BCUT2D eigenvalue weighted by Gasteiger charge is -2.42. The van der Waals surface area contributed by atoms with Crippen LogP contribution in [0.2, 0.25) is 5.02 Å². The number of carbonyl (C=O) groups is 2. The van der Waals surface area contributed by atoms with Crippen molar-refractivity contribution >= 4 is 23.5 Å². The van der Waals surface area contributed by atoms with Gasteiger partial charge in [-0.1, -0.05) is 30.7 Å². The van der Waals surface area contributed by atoms with Crippen molar-refractivity contribution in [2.75, 3.05) is 6.61 Å². The highest BCUT2D eigenvalue weighted by molar-refractivity contribution is 6.33. The number of ether oxygens (including phenoxy) is 1. The Morgan fingerprint density at radius 2 is 1.96 bits per heavy atom. The minimum absolute atomic E-state index is 0.0277. The molecule has 23 heavy (non-hydrogen) atoms. The van der Waals surface area contributed by atoms with E-state index in [2.05, 4.69) is 6.92 Å². The predicted octanol–water partition coefficient (Wildman–Crippen LogP) is 3.17. The standard InChI is InChI=1S/C17H20ClNO4/c1-11-6-8-17(9-7-11)19(14(10-23-17)16(21)22)15(20)12-4-2-3-5-13(12)18/h2-5,11,14H,6-10H2,1H3,(H,21,22)/t11?,14-,17?/m1/s1. The second-order valence-corrected chi connectivity index (χ2v) is 6.86. The number of carboxylic acids is 1. The van der Waals surface area contributed by atoms with Gasteiger partial charge in [0.25, 0.3) is 5.91 Å². The van der Waals surface area contributed by atoms with Crippen molar-refractivity contribution in [2.24, 2.45) is 5.92 Å². The molecule has 1 N–H and O–H groups in total. The molecular weight excluding hydrogens is 318 g/mol. The highest BCUT2D eigenvalue weighted by Gasteiger charge is 2.53. The first-order chi connectivity index (χ1) is 10.9. The van der Waals surface area contributed by atoms with Gasteiger partial charge in [0.05, 0.1) is 17.2 Å². The van der Waals surface area contributed by atoms with Gasteiger partial charge in [0, 0.05) is 0 Å². The monoisotopic (exact) mass is 337 g/mol. The molecule has 1 spiro atoms. The van der Waals surface area contributed by atoms with E-state index < -0.39 is 17.7 Å². The van der Waals surface area contributed by atoms with E-state index >= 15 is 0 Å². The first-order valence-corrected chi connectivity index (χ1v) is 8.27. The van der Waals surface area contributed by atoms with E-state index in [1.54, 1.807) is 24.3 Å². The molecule has 6 heteroatoms. The molecule has 1 atom stereocenters. The van der Waals surface area contributed by atoms with Crippen LogP contribution < -0.4 is 0 Å². The number of halogens is 1. The van der Waals surface area contributed by atoms with Gasteiger partial charge in [-0.15, -0.1) is 0 Å². The van der Waals surface area contributed by atoms with Gasteiger partial charge in [-0.2, -0.15) is 0 Å². The average Bonchev–Trinajstić information content (AvgIpc) is 2.90. The third-order valence-electron chi connectivity index (χ3n) is 4.92. The van der Waals surface area contributed by atoms with Crippen LogP contribution in [0.25, 0.3) is 0 Å². The zero-order valence-electron chi connectivity index (χ0n) is 13.0. The molecule has 2 fully saturated rings. The van der Waals surface area contributed by atoms with E-state index in [9.17, 15) is 14.7 Å². The topological polar surface area (TPSA) is 66.8 Å². The van der Waals surface area contributed by atoms with Gasteiger partial charge in [0.15, 0.2) is 6.04 Å². The Balaban J connectivity index is 1.98. The van der Waals surface area contributed by atoms with Crippen LogP contribution in [0.3, 0.4) is 0 Å². The lowest BCUT2D eigenvalue weighted by molar-refractivity contribution is -0.143. The summed E-state index contributed by atoms with van der Waals surface area (Å²) in [6, 6.07) is 5.76. The SMILES string of the molecule is CC1CCC2(CC1)OC[C@H](C(=O)O)N2C(=O)c1ccccc1Cl. The van der Waals surface area contributed by atoms with Gasteiger partial charge in [-0.25, -0.2) is 4.79 Å². The summed E-state index contributed by atoms with van der Waals surface area (Å²) in [6.07, 6.45) is 3.15. The number of aliphatic carboxylic acids is 1. The van der Waals surface area contributed by atoms with Crippen molar-refractivity contribution in [1.82, 2.24) is 4.90 Å². The third-order valence-corrected chi connectivity index (χ3v) is 5.25. The van der Waals surface area contributed by atoms with E-state index in [-0.39, 0.29) is 12.5 Å². The summed E-state index contributed by atoms with van der Waals surface area (Å²) in [4.78, 5) is 26.1. The van der Waals surface area contributed by atoms with Crippen LogP contribution in [0.5, 0.6) is 0 Å². The lowest BCUT2D eigenvalue weighted by atomic mass is 9.83. The molecule has 1 aromatic carbocycles. The van der Waals surface area contributed by atoms with Gasteiger partial charge in [0.1, 0.15) is 5.72 Å². The van der Waals surface area contributed by atoms with Crippen LogP contribution in [0.15, 0.2) is 24.3 Å². The van der Waals surface area contributed by atoms with Crippen LogP contribution in [0, 0.1) is 5.92 Å². The maximum Gasteiger partial charge on any atom is 0.328 e. The highest BCUT2D eigenvalue weighted by atomic mass is 35.5. The number of carboxylic acid groups (broad SMARTS) is 1. The van der Waals surface area contributed by atoms with E-state index in [1.807, 2.05) is 0 Å². The summed E-state index contributed by atoms with van der Waals surface area (Å²) in [5.74, 6) is -0.846. The van der Waals surface area contributed by atoms with E-state index in [0.29, 0.717) is 29.3 Å². The summed E-state index contributed by atoms with van der Waals surface area (Å²) in [7, 11) is 0. The Bertz CT molecular complexity index is 625. The number of hydrogen-bond acceptors (Lipinski definition) is 3. The highest BCUT2D eigenvalue weighted by Crippen LogP contribution is 2.43. The van der Waals surface area contributed by atoms with Gasteiger partial charge >= 0.3 is 5.97 Å². The van der Waals surface area contributed by atoms with Crippen LogP contribution in [-0.4, -0.2) is 40.3 Å². The molecule has 2 aliphatic rings. The van der Waals surface area contributed by atoms with Crippen LogP contribution in [0.1, 0.15) is 43.0 Å². The Morgan fingerprint density at radius 1 is 1.30 bits per heavy atom. The van der Waals surface area contributed by atoms with E-state index in [1.165, 1.54) is 4.90 Å². The van der Waals surface area contributed by atoms with Crippen molar-refractivity contribution in [3.63, 3.8) is 0 Å². The van der Waals surface area contributed by atoms with Crippen molar-refractivity contribution in [3.05, 3.63) is 34.9 Å². The Kier molecular flexibility index (Phi) is 4.34. The molecule has 1 aliphatic heterocycles. The number of rotatable bonds is 2. The second-order valence-electron chi connectivity index (χ2n) is 6.45. The second kappa shape index (κ2) is 6.13. The Hall–Kier alpha value is -1.59. The molecular formula is C17H20ClNO4. The largest absolute Gasteiger partial charge is 0.480 e. The number of nitrogens with zero attached hydrogens (tertiary/aromatic N) is 1. The number of carbonyl (C=O) groups excluding carboxylic acids is 1. The van der Waals surface area contributed by atoms with Crippen LogP contribution in [-0.2, 0) is 9.53 Å². The summed E-state index contributed by atoms with van der Waals surface area (Å²) < 4.78 is 5.88. The first-order valence-electron chi connectivity index (χ1n) is 7.89. The summed E-state index contributed by atoms with van der Waals surface area (Å²) in [5.41, 5.74) is -0.491. The number of hydrogen-bond donors (Lipinski definition) is 1. The Labute approximate surface area is 140 Å². The summed E-state index contributed by atoms with van der Waals surface area (Å²) in [6.45, 7) is 2.19. The van der Waals surface area contributed by atoms with Gasteiger partial charge in [-0.05, 0) is 43.7 Å². The normalized spacial score (nSPS) is 30.6. The van der Waals surface area contributed by atoms with Crippen LogP contribution >= 0.6 is 11.6 Å². The van der Waals surface area contributed by atoms with Crippen molar-refractivity contribution in [1.29, 1.82) is 0 Å². The molecule has 0 radical (unpaired) electrons. The molecule has 0 aromatic heterocycles. The van der Waals surface area contributed by atoms with Gasteiger partial charge in [0.2, 0.25) is 0 Å². The zero-order valence-corrected chi connectivity index (χ0v) is 13.8. The maximum atomic E-state index is 13.0. The molecule has 1 aliphatic carbocycles.